The highest BCUT2D eigenvalue weighted by molar-refractivity contribution is 5.95. The van der Waals surface area contributed by atoms with Gasteiger partial charge in [0.1, 0.15) is 5.65 Å². The summed E-state index contributed by atoms with van der Waals surface area (Å²) in [7, 11) is 0. The Kier molecular flexibility index (Phi) is 2.71. The zero-order valence-corrected chi connectivity index (χ0v) is 13.6. The molecule has 6 rings (SSSR count). The highest BCUT2D eigenvalue weighted by Gasteiger charge is 2.51. The Labute approximate surface area is 136 Å². The summed E-state index contributed by atoms with van der Waals surface area (Å²) in [6.45, 7) is 1.97. The van der Waals surface area contributed by atoms with Gasteiger partial charge in [-0.2, -0.15) is 0 Å². The summed E-state index contributed by atoms with van der Waals surface area (Å²) in [4.78, 5) is 17.3. The van der Waals surface area contributed by atoms with Crippen LogP contribution in [0.3, 0.4) is 0 Å². The largest absolute Gasteiger partial charge is 0.347 e. The van der Waals surface area contributed by atoms with Gasteiger partial charge in [-0.3, -0.25) is 4.79 Å². The molecule has 4 aliphatic carbocycles. The minimum atomic E-state index is 0.0727. The van der Waals surface area contributed by atoms with E-state index in [0.717, 1.165) is 34.7 Å². The SMILES string of the molecule is Cc1cn2ccc(C(=O)NC34CC5CC(CC(C5)C3)C4)cc2n1. The Morgan fingerprint density at radius 1 is 1.22 bits per heavy atom. The van der Waals surface area contributed by atoms with Gasteiger partial charge >= 0.3 is 0 Å². The van der Waals surface area contributed by atoms with Crippen LogP contribution in [-0.4, -0.2) is 20.8 Å². The average molecular weight is 309 g/mol. The number of carbonyl (C=O) groups is 1. The molecule has 0 spiro atoms. The second-order valence-electron chi connectivity index (χ2n) is 8.22. The van der Waals surface area contributed by atoms with Crippen molar-refractivity contribution in [3.8, 4) is 0 Å². The van der Waals surface area contributed by atoms with E-state index in [1.54, 1.807) is 0 Å². The number of imidazole rings is 1. The smallest absolute Gasteiger partial charge is 0.251 e. The molecule has 0 aromatic carbocycles. The van der Waals surface area contributed by atoms with E-state index in [2.05, 4.69) is 10.3 Å². The van der Waals surface area contributed by atoms with E-state index < -0.39 is 0 Å². The van der Waals surface area contributed by atoms with E-state index in [-0.39, 0.29) is 11.4 Å². The predicted octanol–water partition coefficient (Wildman–Crippen LogP) is 3.34. The number of aromatic nitrogens is 2. The van der Waals surface area contributed by atoms with Gasteiger partial charge in [-0.15, -0.1) is 0 Å². The van der Waals surface area contributed by atoms with E-state index in [1.807, 2.05) is 35.9 Å². The van der Waals surface area contributed by atoms with Gasteiger partial charge < -0.3 is 9.72 Å². The molecule has 4 aliphatic rings. The van der Waals surface area contributed by atoms with Crippen molar-refractivity contribution in [1.82, 2.24) is 14.7 Å². The van der Waals surface area contributed by atoms with Gasteiger partial charge in [-0.25, -0.2) is 4.98 Å². The van der Waals surface area contributed by atoms with Crippen molar-refractivity contribution in [3.05, 3.63) is 35.8 Å². The fraction of sp³-hybridized carbons (Fsp3) is 0.579. The van der Waals surface area contributed by atoms with Crippen LogP contribution >= 0.6 is 0 Å². The number of nitrogens with zero attached hydrogens (tertiary/aromatic N) is 2. The summed E-state index contributed by atoms with van der Waals surface area (Å²) in [6.07, 6.45) is 11.7. The van der Waals surface area contributed by atoms with Crippen LogP contribution in [0.1, 0.15) is 54.6 Å². The maximum atomic E-state index is 12.8. The number of carbonyl (C=O) groups excluding carboxylic acids is 1. The summed E-state index contributed by atoms with van der Waals surface area (Å²) in [6, 6.07) is 3.81. The van der Waals surface area contributed by atoms with Gasteiger partial charge in [-0.05, 0) is 75.3 Å². The van der Waals surface area contributed by atoms with Crippen LogP contribution in [0.2, 0.25) is 0 Å². The topological polar surface area (TPSA) is 46.4 Å². The molecule has 4 heteroatoms. The van der Waals surface area contributed by atoms with Crippen molar-refractivity contribution in [2.75, 3.05) is 0 Å². The maximum Gasteiger partial charge on any atom is 0.251 e. The van der Waals surface area contributed by atoms with Crippen molar-refractivity contribution in [2.24, 2.45) is 17.8 Å². The Morgan fingerprint density at radius 2 is 1.87 bits per heavy atom. The number of nitrogens with one attached hydrogen (secondary N) is 1. The third-order valence-corrected chi connectivity index (χ3v) is 6.26. The highest BCUT2D eigenvalue weighted by Crippen LogP contribution is 2.55. The van der Waals surface area contributed by atoms with Crippen LogP contribution in [0.15, 0.2) is 24.5 Å². The van der Waals surface area contributed by atoms with Crippen molar-refractivity contribution >= 4 is 11.6 Å². The monoisotopic (exact) mass is 309 g/mol. The van der Waals surface area contributed by atoms with Gasteiger partial charge in [0, 0.05) is 23.5 Å². The van der Waals surface area contributed by atoms with E-state index in [1.165, 1.54) is 38.5 Å². The number of fused-ring (bicyclic) bond motifs is 1. The van der Waals surface area contributed by atoms with Crippen molar-refractivity contribution < 1.29 is 4.79 Å². The van der Waals surface area contributed by atoms with Gasteiger partial charge in [-0.1, -0.05) is 0 Å². The number of amides is 1. The van der Waals surface area contributed by atoms with Crippen LogP contribution in [0, 0.1) is 24.7 Å². The molecule has 2 aromatic heterocycles. The molecule has 4 fully saturated rings. The molecule has 1 N–H and O–H groups in total. The lowest BCUT2D eigenvalue weighted by atomic mass is 9.53. The van der Waals surface area contributed by atoms with Crippen LogP contribution in [0.25, 0.3) is 5.65 Å². The van der Waals surface area contributed by atoms with Crippen molar-refractivity contribution in [3.63, 3.8) is 0 Å². The van der Waals surface area contributed by atoms with E-state index in [9.17, 15) is 4.79 Å². The Hall–Kier alpha value is -1.84. The fourth-order valence-corrected chi connectivity index (χ4v) is 5.83. The number of rotatable bonds is 2. The maximum absolute atomic E-state index is 12.8. The molecule has 4 bridgehead atoms. The molecule has 0 aliphatic heterocycles. The molecular formula is C19H23N3O. The minimum Gasteiger partial charge on any atom is -0.347 e. The Balaban J connectivity index is 1.41. The second kappa shape index (κ2) is 4.59. The normalized spacial score (nSPS) is 34.9. The molecule has 4 saturated carbocycles. The van der Waals surface area contributed by atoms with E-state index in [0.29, 0.717) is 0 Å². The third kappa shape index (κ3) is 2.19. The summed E-state index contributed by atoms with van der Waals surface area (Å²) < 4.78 is 1.97. The first-order valence-corrected chi connectivity index (χ1v) is 8.86. The summed E-state index contributed by atoms with van der Waals surface area (Å²) in [5, 5.41) is 3.44. The van der Waals surface area contributed by atoms with Crippen LogP contribution < -0.4 is 5.32 Å². The Morgan fingerprint density at radius 3 is 2.52 bits per heavy atom. The van der Waals surface area contributed by atoms with E-state index in [4.69, 9.17) is 0 Å². The van der Waals surface area contributed by atoms with Gasteiger partial charge in [0.2, 0.25) is 0 Å². The lowest BCUT2D eigenvalue weighted by Gasteiger charge is -2.56. The van der Waals surface area contributed by atoms with Crippen molar-refractivity contribution in [2.45, 2.75) is 51.0 Å². The molecule has 2 aromatic rings. The molecule has 0 unspecified atom stereocenters. The van der Waals surface area contributed by atoms with E-state index >= 15 is 0 Å². The Bertz CT molecular complexity index is 756. The molecule has 1 amide bonds. The quantitative estimate of drug-likeness (QED) is 0.925. The third-order valence-electron chi connectivity index (χ3n) is 6.26. The molecular weight excluding hydrogens is 286 g/mol. The predicted molar refractivity (Wildman–Crippen MR) is 88.3 cm³/mol. The zero-order valence-electron chi connectivity index (χ0n) is 13.6. The lowest BCUT2D eigenvalue weighted by Crippen LogP contribution is -2.59. The summed E-state index contributed by atoms with van der Waals surface area (Å²) in [5.74, 6) is 2.62. The summed E-state index contributed by atoms with van der Waals surface area (Å²) in [5.41, 5.74) is 2.63. The molecule has 0 saturated heterocycles. The standard InChI is InChI=1S/C19H23N3O/c1-12-11-22-3-2-16(7-17(22)20-12)18(23)21-19-8-13-4-14(9-19)6-15(5-13)10-19/h2-3,7,11,13-15H,4-6,8-10H2,1H3,(H,21,23). The van der Waals surface area contributed by atoms with Crippen LogP contribution in [-0.2, 0) is 0 Å². The fourth-order valence-electron chi connectivity index (χ4n) is 5.83. The average Bonchev–Trinajstić information content (AvgIpc) is 2.84. The first-order chi connectivity index (χ1) is 11.1. The first-order valence-electron chi connectivity index (χ1n) is 8.86. The molecule has 4 nitrogen and oxygen atoms in total. The van der Waals surface area contributed by atoms with Gasteiger partial charge in [0.05, 0.1) is 5.69 Å². The molecule has 0 radical (unpaired) electrons. The number of hydrogen-bond acceptors (Lipinski definition) is 2. The zero-order chi connectivity index (χ0) is 15.6. The lowest BCUT2D eigenvalue weighted by molar-refractivity contribution is -0.0167. The van der Waals surface area contributed by atoms with Gasteiger partial charge in [0.25, 0.3) is 5.91 Å². The first kappa shape index (κ1) is 13.6. The van der Waals surface area contributed by atoms with Crippen LogP contribution in [0.4, 0.5) is 0 Å². The number of hydrogen-bond donors (Lipinski definition) is 1. The molecule has 2 heterocycles. The minimum absolute atomic E-state index is 0.0727. The number of aryl methyl sites for hydroxylation is 1. The molecule has 120 valence electrons. The highest BCUT2D eigenvalue weighted by atomic mass is 16.1. The van der Waals surface area contributed by atoms with Crippen LogP contribution in [0.5, 0.6) is 0 Å². The van der Waals surface area contributed by atoms with Gasteiger partial charge in [0.15, 0.2) is 0 Å². The summed E-state index contributed by atoms with van der Waals surface area (Å²) >= 11 is 0. The van der Waals surface area contributed by atoms with Crippen molar-refractivity contribution in [1.29, 1.82) is 0 Å². The molecule has 23 heavy (non-hydrogen) atoms. The second-order valence-corrected chi connectivity index (χ2v) is 8.22. The molecule has 0 atom stereocenters. The number of pyridine rings is 1.